The van der Waals surface area contributed by atoms with Crippen LogP contribution >= 0.6 is 0 Å². The summed E-state index contributed by atoms with van der Waals surface area (Å²) >= 11 is 0. The lowest BCUT2D eigenvalue weighted by Gasteiger charge is -2.23. The smallest absolute Gasteiger partial charge is 0.123 e. The number of rotatable bonds is 6. The maximum absolute atomic E-state index is 5.38. The Morgan fingerprint density at radius 3 is 2.56 bits per heavy atom. The lowest BCUT2D eigenvalue weighted by Crippen LogP contribution is -2.21. The van der Waals surface area contributed by atoms with E-state index >= 15 is 0 Å². The molecule has 0 heterocycles. The summed E-state index contributed by atoms with van der Waals surface area (Å²) in [6.07, 6.45) is 5.36. The zero-order valence-electron chi connectivity index (χ0n) is 9.85. The molecule has 0 aromatic heterocycles. The molecule has 0 bridgehead atoms. The second-order valence-electron chi connectivity index (χ2n) is 3.91. The normalized spacial score (nSPS) is 11.9. The second kappa shape index (κ2) is 6.26. The quantitative estimate of drug-likeness (QED) is 0.314. The van der Waals surface area contributed by atoms with Gasteiger partial charge in [-0.15, -0.1) is 0 Å². The van der Waals surface area contributed by atoms with Gasteiger partial charge < -0.3 is 0 Å². The number of allylic oxidation sites excluding steroid dienone is 2. The topological polar surface area (TPSA) is 18.5 Å². The Hall–Kier alpha value is -1.38. The van der Waals surface area contributed by atoms with Gasteiger partial charge in [0.25, 0.3) is 0 Å². The van der Waals surface area contributed by atoms with Gasteiger partial charge >= 0.3 is 0 Å². The van der Waals surface area contributed by atoms with Gasteiger partial charge in [0, 0.05) is 0 Å². The molecule has 0 fully saturated rings. The van der Waals surface area contributed by atoms with Gasteiger partial charge in [-0.25, -0.2) is 9.78 Å². The number of benzene rings is 1. The van der Waals surface area contributed by atoms with Gasteiger partial charge in [0.1, 0.15) is 12.2 Å². The largest absolute Gasteiger partial charge is 0.232 e. The standard InChI is InChI=1S/C14H18O2/c1-4-5-9-12-15-16-14(2,3)13-10-7-6-8-11-13/h4-11H,1,12H2,2-3H3/b9-5+. The maximum Gasteiger partial charge on any atom is 0.123 e. The highest BCUT2D eigenvalue weighted by Gasteiger charge is 2.22. The highest BCUT2D eigenvalue weighted by atomic mass is 17.2. The number of hydrogen-bond donors (Lipinski definition) is 0. The third-order valence-corrected chi connectivity index (χ3v) is 2.17. The molecule has 0 saturated heterocycles. The van der Waals surface area contributed by atoms with E-state index in [4.69, 9.17) is 9.78 Å². The molecule has 0 saturated carbocycles. The van der Waals surface area contributed by atoms with Crippen LogP contribution in [0.15, 0.2) is 55.1 Å². The molecule has 2 nitrogen and oxygen atoms in total. The van der Waals surface area contributed by atoms with E-state index in [2.05, 4.69) is 6.58 Å². The fourth-order valence-electron chi connectivity index (χ4n) is 1.26. The van der Waals surface area contributed by atoms with Gasteiger partial charge in [0.15, 0.2) is 0 Å². The Bertz CT molecular complexity index is 339. The molecule has 0 aliphatic heterocycles. The van der Waals surface area contributed by atoms with Crippen molar-refractivity contribution in [3.63, 3.8) is 0 Å². The molecular formula is C14H18O2. The molecule has 0 atom stereocenters. The van der Waals surface area contributed by atoms with E-state index in [1.54, 1.807) is 6.08 Å². The minimum Gasteiger partial charge on any atom is -0.232 e. The summed E-state index contributed by atoms with van der Waals surface area (Å²) in [7, 11) is 0. The maximum atomic E-state index is 5.38. The fourth-order valence-corrected chi connectivity index (χ4v) is 1.26. The van der Waals surface area contributed by atoms with Crippen molar-refractivity contribution in [2.45, 2.75) is 19.4 Å². The first-order chi connectivity index (χ1) is 7.67. The van der Waals surface area contributed by atoms with Crippen LogP contribution in [0.3, 0.4) is 0 Å². The molecule has 0 aliphatic rings. The van der Waals surface area contributed by atoms with Gasteiger partial charge in [-0.3, -0.25) is 0 Å². The second-order valence-corrected chi connectivity index (χ2v) is 3.91. The van der Waals surface area contributed by atoms with Crippen molar-refractivity contribution in [3.05, 3.63) is 60.7 Å². The van der Waals surface area contributed by atoms with Crippen molar-refractivity contribution in [2.24, 2.45) is 0 Å². The van der Waals surface area contributed by atoms with Crippen LogP contribution < -0.4 is 0 Å². The Balaban J connectivity index is 2.46. The highest BCUT2D eigenvalue weighted by Crippen LogP contribution is 2.24. The van der Waals surface area contributed by atoms with Crippen LogP contribution in [0.25, 0.3) is 0 Å². The molecule has 0 radical (unpaired) electrons. The molecule has 0 N–H and O–H groups in total. The van der Waals surface area contributed by atoms with Crippen molar-refractivity contribution in [3.8, 4) is 0 Å². The van der Waals surface area contributed by atoms with Crippen molar-refractivity contribution < 1.29 is 9.78 Å². The first kappa shape index (κ1) is 12.7. The first-order valence-corrected chi connectivity index (χ1v) is 5.30. The van der Waals surface area contributed by atoms with Gasteiger partial charge in [-0.2, -0.15) is 0 Å². The van der Waals surface area contributed by atoms with Gasteiger partial charge in [-0.1, -0.05) is 55.1 Å². The van der Waals surface area contributed by atoms with Crippen LogP contribution in [0.2, 0.25) is 0 Å². The zero-order chi connectivity index (χ0) is 11.9. The summed E-state index contributed by atoms with van der Waals surface area (Å²) in [5.41, 5.74) is 0.645. The van der Waals surface area contributed by atoms with Gasteiger partial charge in [-0.05, 0) is 19.4 Å². The SMILES string of the molecule is C=C/C=C/COOC(C)(C)c1ccccc1. The summed E-state index contributed by atoms with van der Waals surface area (Å²) < 4.78 is 0. The van der Waals surface area contributed by atoms with Crippen LogP contribution in [0, 0.1) is 0 Å². The Kier molecular flexibility index (Phi) is 4.96. The van der Waals surface area contributed by atoms with Crippen LogP contribution in [-0.2, 0) is 15.4 Å². The Labute approximate surface area is 97.1 Å². The molecule has 1 aromatic rings. The first-order valence-electron chi connectivity index (χ1n) is 5.30. The van der Waals surface area contributed by atoms with E-state index in [0.717, 1.165) is 5.56 Å². The van der Waals surface area contributed by atoms with E-state index in [-0.39, 0.29) is 0 Å². The van der Waals surface area contributed by atoms with E-state index in [1.807, 2.05) is 56.3 Å². The van der Waals surface area contributed by atoms with Crippen LogP contribution in [-0.4, -0.2) is 6.61 Å². The average molecular weight is 218 g/mol. The molecule has 0 unspecified atom stereocenters. The molecule has 0 spiro atoms. The molecule has 0 amide bonds. The van der Waals surface area contributed by atoms with Crippen molar-refractivity contribution in [1.82, 2.24) is 0 Å². The lowest BCUT2D eigenvalue weighted by molar-refractivity contribution is -0.351. The number of hydrogen-bond acceptors (Lipinski definition) is 2. The molecule has 2 heteroatoms. The Morgan fingerprint density at radius 2 is 1.94 bits per heavy atom. The van der Waals surface area contributed by atoms with Crippen LogP contribution in [0.1, 0.15) is 19.4 Å². The van der Waals surface area contributed by atoms with Crippen molar-refractivity contribution >= 4 is 0 Å². The molecular weight excluding hydrogens is 200 g/mol. The highest BCUT2D eigenvalue weighted by molar-refractivity contribution is 5.20. The molecule has 86 valence electrons. The predicted molar refractivity (Wildman–Crippen MR) is 65.8 cm³/mol. The summed E-state index contributed by atoms with van der Waals surface area (Å²) in [6.45, 7) is 7.93. The monoisotopic (exact) mass is 218 g/mol. The van der Waals surface area contributed by atoms with E-state index in [0.29, 0.717) is 6.61 Å². The van der Waals surface area contributed by atoms with Gasteiger partial charge in [0.05, 0.1) is 0 Å². The van der Waals surface area contributed by atoms with E-state index < -0.39 is 5.60 Å². The Morgan fingerprint density at radius 1 is 1.25 bits per heavy atom. The molecule has 1 rings (SSSR count). The third-order valence-electron chi connectivity index (χ3n) is 2.17. The summed E-state index contributed by atoms with van der Waals surface area (Å²) in [4.78, 5) is 10.5. The fraction of sp³-hybridized carbons (Fsp3) is 0.286. The summed E-state index contributed by atoms with van der Waals surface area (Å²) in [5, 5.41) is 0. The van der Waals surface area contributed by atoms with Crippen molar-refractivity contribution in [2.75, 3.05) is 6.61 Å². The predicted octanol–water partition coefficient (Wildman–Crippen LogP) is 3.61. The minimum absolute atomic E-state index is 0.419. The minimum atomic E-state index is -0.441. The summed E-state index contributed by atoms with van der Waals surface area (Å²) in [6, 6.07) is 9.98. The molecule has 1 aromatic carbocycles. The average Bonchev–Trinajstić information content (AvgIpc) is 2.30. The van der Waals surface area contributed by atoms with Gasteiger partial charge in [0.2, 0.25) is 0 Å². The van der Waals surface area contributed by atoms with Crippen LogP contribution in [0.4, 0.5) is 0 Å². The van der Waals surface area contributed by atoms with Crippen LogP contribution in [0.5, 0.6) is 0 Å². The lowest BCUT2D eigenvalue weighted by atomic mass is 9.99. The van der Waals surface area contributed by atoms with Crippen molar-refractivity contribution in [1.29, 1.82) is 0 Å². The summed E-state index contributed by atoms with van der Waals surface area (Å²) in [5.74, 6) is 0. The van der Waals surface area contributed by atoms with E-state index in [9.17, 15) is 0 Å². The molecule has 0 aliphatic carbocycles. The van der Waals surface area contributed by atoms with E-state index in [1.165, 1.54) is 0 Å². The third kappa shape index (κ3) is 4.01. The zero-order valence-corrected chi connectivity index (χ0v) is 9.85. The molecule has 16 heavy (non-hydrogen) atoms.